The van der Waals surface area contributed by atoms with Crippen LogP contribution in [0.1, 0.15) is 63.1 Å². The molecule has 0 spiro atoms. The fourth-order valence-electron chi connectivity index (χ4n) is 2.91. The molecule has 0 radical (unpaired) electrons. The number of nitrogens with zero attached hydrogens (tertiary/aromatic N) is 3. The van der Waals surface area contributed by atoms with Crippen molar-refractivity contribution in [1.82, 2.24) is 15.1 Å². The molecule has 0 bridgehead atoms. The molecule has 1 atom stereocenters. The van der Waals surface area contributed by atoms with E-state index >= 15 is 0 Å². The summed E-state index contributed by atoms with van der Waals surface area (Å²) in [6.45, 7) is 3.91. The van der Waals surface area contributed by atoms with Gasteiger partial charge in [0.05, 0.1) is 19.6 Å². The number of piperidine rings is 1. The van der Waals surface area contributed by atoms with Gasteiger partial charge < -0.3 is 9.15 Å². The fraction of sp³-hybridized carbons (Fsp3) is 0.800. The maximum Gasteiger partial charge on any atom is 0.307 e. The van der Waals surface area contributed by atoms with Gasteiger partial charge in [0.2, 0.25) is 11.8 Å². The highest BCUT2D eigenvalue weighted by Crippen LogP contribution is 2.39. The number of hydrogen-bond donors (Lipinski definition) is 0. The first kappa shape index (κ1) is 14.5. The molecule has 1 saturated heterocycles. The molecule has 1 aromatic heterocycles. The summed E-state index contributed by atoms with van der Waals surface area (Å²) in [7, 11) is 0. The summed E-state index contributed by atoms with van der Waals surface area (Å²) in [5.74, 6) is 1.83. The minimum Gasteiger partial charge on any atom is -0.466 e. The van der Waals surface area contributed by atoms with E-state index in [2.05, 4.69) is 15.1 Å². The number of carbonyl (C=O) groups is 1. The average molecular weight is 293 g/mol. The van der Waals surface area contributed by atoms with Crippen LogP contribution in [0.4, 0.5) is 0 Å². The molecule has 3 rings (SSSR count). The normalized spacial score (nSPS) is 23.2. The van der Waals surface area contributed by atoms with Crippen molar-refractivity contribution in [2.75, 3.05) is 13.2 Å². The van der Waals surface area contributed by atoms with Crippen LogP contribution in [0, 0.1) is 0 Å². The maximum absolute atomic E-state index is 11.7. The SMILES string of the molecule is CCOC(=O)CC1CCCCN1Cc1nnc(C2CC2)o1. The summed E-state index contributed by atoms with van der Waals surface area (Å²) in [5, 5.41) is 8.27. The average Bonchev–Trinajstić information content (AvgIpc) is 3.22. The summed E-state index contributed by atoms with van der Waals surface area (Å²) in [5.41, 5.74) is 0. The molecule has 21 heavy (non-hydrogen) atoms. The van der Waals surface area contributed by atoms with Crippen molar-refractivity contribution < 1.29 is 13.9 Å². The topological polar surface area (TPSA) is 68.5 Å². The second-order valence-corrected chi connectivity index (χ2v) is 5.94. The smallest absolute Gasteiger partial charge is 0.307 e. The molecule has 6 nitrogen and oxygen atoms in total. The first-order valence-electron chi connectivity index (χ1n) is 7.98. The Balaban J connectivity index is 1.58. The van der Waals surface area contributed by atoms with Gasteiger partial charge in [-0.15, -0.1) is 10.2 Å². The van der Waals surface area contributed by atoms with Crippen LogP contribution in [-0.2, 0) is 16.1 Å². The number of esters is 1. The molecule has 116 valence electrons. The molecule has 1 aliphatic heterocycles. The van der Waals surface area contributed by atoms with E-state index in [9.17, 15) is 4.79 Å². The first-order valence-corrected chi connectivity index (χ1v) is 7.98. The van der Waals surface area contributed by atoms with Crippen LogP contribution >= 0.6 is 0 Å². The molecule has 0 N–H and O–H groups in total. The molecule has 1 aliphatic carbocycles. The van der Waals surface area contributed by atoms with Crippen LogP contribution < -0.4 is 0 Å². The number of carbonyl (C=O) groups excluding carboxylic acids is 1. The van der Waals surface area contributed by atoms with Gasteiger partial charge in [-0.05, 0) is 39.2 Å². The van der Waals surface area contributed by atoms with Crippen LogP contribution in [0.2, 0.25) is 0 Å². The minimum atomic E-state index is -0.112. The standard InChI is InChI=1S/C15H23N3O3/c1-2-20-14(19)9-12-5-3-4-8-18(12)10-13-16-17-15(21-13)11-6-7-11/h11-12H,2-10H2,1H3. The van der Waals surface area contributed by atoms with Crippen molar-refractivity contribution in [3.8, 4) is 0 Å². The Bertz CT molecular complexity index is 484. The number of rotatable bonds is 6. The largest absolute Gasteiger partial charge is 0.466 e. The second kappa shape index (κ2) is 6.56. The molecular weight excluding hydrogens is 270 g/mol. The Kier molecular flexibility index (Phi) is 4.53. The monoisotopic (exact) mass is 293 g/mol. The van der Waals surface area contributed by atoms with E-state index in [0.717, 1.165) is 44.5 Å². The highest BCUT2D eigenvalue weighted by molar-refractivity contribution is 5.70. The van der Waals surface area contributed by atoms with E-state index in [1.54, 1.807) is 0 Å². The Morgan fingerprint density at radius 3 is 2.95 bits per heavy atom. The summed E-state index contributed by atoms with van der Waals surface area (Å²) in [6.07, 6.45) is 6.13. The summed E-state index contributed by atoms with van der Waals surface area (Å²) in [4.78, 5) is 14.0. The lowest BCUT2D eigenvalue weighted by Crippen LogP contribution is -2.40. The molecule has 2 aliphatic rings. The Morgan fingerprint density at radius 1 is 1.33 bits per heavy atom. The number of hydrogen-bond acceptors (Lipinski definition) is 6. The number of ether oxygens (including phenoxy) is 1. The molecule has 6 heteroatoms. The van der Waals surface area contributed by atoms with Gasteiger partial charge in [0.1, 0.15) is 0 Å². The highest BCUT2D eigenvalue weighted by atomic mass is 16.5. The quantitative estimate of drug-likeness (QED) is 0.749. The molecule has 0 aromatic carbocycles. The van der Waals surface area contributed by atoms with Crippen molar-refractivity contribution in [3.05, 3.63) is 11.8 Å². The third-order valence-corrected chi connectivity index (χ3v) is 4.20. The third-order valence-electron chi connectivity index (χ3n) is 4.20. The van der Waals surface area contributed by atoms with E-state index in [0.29, 0.717) is 31.4 Å². The fourth-order valence-corrected chi connectivity index (χ4v) is 2.91. The van der Waals surface area contributed by atoms with Gasteiger partial charge in [0, 0.05) is 12.0 Å². The Morgan fingerprint density at radius 2 is 2.19 bits per heavy atom. The van der Waals surface area contributed by atoms with Crippen molar-refractivity contribution in [3.63, 3.8) is 0 Å². The minimum absolute atomic E-state index is 0.112. The van der Waals surface area contributed by atoms with Gasteiger partial charge in [-0.3, -0.25) is 9.69 Å². The van der Waals surface area contributed by atoms with Crippen molar-refractivity contribution in [1.29, 1.82) is 0 Å². The van der Waals surface area contributed by atoms with E-state index in [1.807, 2.05) is 6.92 Å². The van der Waals surface area contributed by atoms with E-state index < -0.39 is 0 Å². The zero-order chi connectivity index (χ0) is 14.7. The van der Waals surface area contributed by atoms with Gasteiger partial charge in [0.25, 0.3) is 0 Å². The summed E-state index contributed by atoms with van der Waals surface area (Å²) < 4.78 is 10.8. The number of likely N-dealkylation sites (tertiary alicyclic amines) is 1. The Hall–Kier alpha value is -1.43. The summed E-state index contributed by atoms with van der Waals surface area (Å²) in [6, 6.07) is 0.231. The molecule has 2 heterocycles. The third kappa shape index (κ3) is 3.81. The van der Waals surface area contributed by atoms with Crippen LogP contribution in [0.25, 0.3) is 0 Å². The Labute approximate surface area is 124 Å². The van der Waals surface area contributed by atoms with E-state index in [1.165, 1.54) is 0 Å². The lowest BCUT2D eigenvalue weighted by atomic mass is 9.99. The molecule has 1 unspecified atom stereocenters. The van der Waals surface area contributed by atoms with Crippen LogP contribution in [0.5, 0.6) is 0 Å². The van der Waals surface area contributed by atoms with Gasteiger partial charge in [-0.25, -0.2) is 0 Å². The second-order valence-electron chi connectivity index (χ2n) is 5.94. The maximum atomic E-state index is 11.7. The van der Waals surface area contributed by atoms with Crippen molar-refractivity contribution >= 4 is 5.97 Å². The van der Waals surface area contributed by atoms with Gasteiger partial charge in [-0.2, -0.15) is 0 Å². The zero-order valence-corrected chi connectivity index (χ0v) is 12.6. The molecule has 0 amide bonds. The van der Waals surface area contributed by atoms with Crippen LogP contribution in [-0.4, -0.2) is 40.3 Å². The number of aromatic nitrogens is 2. The van der Waals surface area contributed by atoms with Gasteiger partial charge in [0.15, 0.2) is 0 Å². The predicted molar refractivity (Wildman–Crippen MR) is 75.6 cm³/mol. The van der Waals surface area contributed by atoms with Crippen LogP contribution in [0.3, 0.4) is 0 Å². The van der Waals surface area contributed by atoms with Gasteiger partial charge in [-0.1, -0.05) is 6.42 Å². The molecule has 1 saturated carbocycles. The lowest BCUT2D eigenvalue weighted by Gasteiger charge is -2.34. The lowest BCUT2D eigenvalue weighted by molar-refractivity contribution is -0.145. The van der Waals surface area contributed by atoms with Gasteiger partial charge >= 0.3 is 5.97 Å². The molecule has 2 fully saturated rings. The molecule has 1 aromatic rings. The van der Waals surface area contributed by atoms with Crippen molar-refractivity contribution in [2.45, 2.75) is 64.0 Å². The first-order chi connectivity index (χ1) is 10.3. The zero-order valence-electron chi connectivity index (χ0n) is 12.6. The summed E-state index contributed by atoms with van der Waals surface area (Å²) >= 11 is 0. The predicted octanol–water partition coefficient (Wildman–Crippen LogP) is 2.25. The van der Waals surface area contributed by atoms with Crippen molar-refractivity contribution in [2.24, 2.45) is 0 Å². The highest BCUT2D eigenvalue weighted by Gasteiger charge is 2.31. The van der Waals surface area contributed by atoms with Crippen LogP contribution in [0.15, 0.2) is 4.42 Å². The molecular formula is C15H23N3O3. The van der Waals surface area contributed by atoms with E-state index in [4.69, 9.17) is 9.15 Å². The van der Waals surface area contributed by atoms with E-state index in [-0.39, 0.29) is 12.0 Å².